The summed E-state index contributed by atoms with van der Waals surface area (Å²) in [6, 6.07) is 4.86. The zero-order valence-corrected chi connectivity index (χ0v) is 11.3. The van der Waals surface area contributed by atoms with E-state index in [0.29, 0.717) is 12.1 Å². The molecular weight excluding hydrogens is 238 g/mol. The summed E-state index contributed by atoms with van der Waals surface area (Å²) in [7, 11) is 0. The van der Waals surface area contributed by atoms with Gasteiger partial charge >= 0.3 is 0 Å². The van der Waals surface area contributed by atoms with Crippen LogP contribution in [0.4, 0.5) is 5.82 Å². The highest BCUT2D eigenvalue weighted by atomic mass is 15.3. The quantitative estimate of drug-likeness (QED) is 0.615. The number of aromatic nitrogens is 1. The first-order chi connectivity index (χ1) is 9.15. The molecule has 2 unspecified atom stereocenters. The molecule has 3 rings (SSSR count). The molecule has 1 aromatic rings. The molecule has 0 radical (unpaired) electrons. The second-order valence-corrected chi connectivity index (χ2v) is 5.61. The average molecular weight is 259 g/mol. The van der Waals surface area contributed by atoms with E-state index in [9.17, 15) is 0 Å². The average Bonchev–Trinajstić information content (AvgIpc) is 2.85. The number of hydrogen-bond donors (Lipinski definition) is 2. The van der Waals surface area contributed by atoms with Crippen LogP contribution in [0.3, 0.4) is 0 Å². The molecule has 5 nitrogen and oxygen atoms in total. The molecule has 19 heavy (non-hydrogen) atoms. The van der Waals surface area contributed by atoms with Crippen molar-refractivity contribution in [3.63, 3.8) is 0 Å². The van der Waals surface area contributed by atoms with Gasteiger partial charge < -0.3 is 10.6 Å². The van der Waals surface area contributed by atoms with Gasteiger partial charge in [-0.3, -0.25) is 10.3 Å². The molecule has 1 aromatic heterocycles. The lowest BCUT2D eigenvalue weighted by molar-refractivity contribution is 0.202. The summed E-state index contributed by atoms with van der Waals surface area (Å²) in [6.07, 6.45) is 4.35. The summed E-state index contributed by atoms with van der Waals surface area (Å²) >= 11 is 0. The summed E-state index contributed by atoms with van der Waals surface area (Å²) in [4.78, 5) is 9.42. The molecule has 2 fully saturated rings. The Morgan fingerprint density at radius 2 is 2.32 bits per heavy atom. The zero-order valence-electron chi connectivity index (χ0n) is 11.3. The lowest BCUT2D eigenvalue weighted by atomic mass is 10.1. The van der Waals surface area contributed by atoms with Crippen molar-refractivity contribution in [2.45, 2.75) is 31.8 Å². The number of nitrogen functional groups attached to an aromatic ring is 1. The number of nitrogens with two attached hydrogens (primary N) is 1. The van der Waals surface area contributed by atoms with Crippen molar-refractivity contribution in [3.05, 3.63) is 23.9 Å². The van der Waals surface area contributed by atoms with Gasteiger partial charge in [0, 0.05) is 36.9 Å². The Labute approximate surface area is 113 Å². The van der Waals surface area contributed by atoms with E-state index in [4.69, 9.17) is 11.1 Å². The minimum absolute atomic E-state index is 0.107. The van der Waals surface area contributed by atoms with Gasteiger partial charge in [-0.05, 0) is 38.4 Å². The summed E-state index contributed by atoms with van der Waals surface area (Å²) in [5.41, 5.74) is 6.32. The van der Waals surface area contributed by atoms with Crippen LogP contribution in [0.15, 0.2) is 18.3 Å². The number of hydrogen-bond acceptors (Lipinski definition) is 4. The van der Waals surface area contributed by atoms with Gasteiger partial charge in [-0.2, -0.15) is 0 Å². The highest BCUT2D eigenvalue weighted by Crippen LogP contribution is 2.27. The van der Waals surface area contributed by atoms with E-state index in [1.807, 2.05) is 6.07 Å². The highest BCUT2D eigenvalue weighted by Gasteiger charge is 2.34. The van der Waals surface area contributed by atoms with Crippen molar-refractivity contribution >= 4 is 11.7 Å². The molecule has 3 N–H and O–H groups in total. The zero-order chi connectivity index (χ0) is 13.4. The maximum Gasteiger partial charge on any atom is 0.129 e. The van der Waals surface area contributed by atoms with Crippen LogP contribution in [0.25, 0.3) is 0 Å². The highest BCUT2D eigenvalue weighted by molar-refractivity contribution is 5.95. The van der Waals surface area contributed by atoms with Crippen LogP contribution in [0.5, 0.6) is 0 Å². The molecule has 2 saturated heterocycles. The van der Waals surface area contributed by atoms with E-state index in [0.717, 1.165) is 24.5 Å². The molecular formula is C14H21N5. The first-order valence-corrected chi connectivity index (χ1v) is 6.96. The Hall–Kier alpha value is -1.62. The van der Waals surface area contributed by atoms with E-state index >= 15 is 0 Å². The van der Waals surface area contributed by atoms with Crippen molar-refractivity contribution in [1.29, 1.82) is 5.41 Å². The Bertz CT molecular complexity index is 486. The molecule has 0 aromatic carbocycles. The van der Waals surface area contributed by atoms with Crippen LogP contribution in [-0.2, 0) is 0 Å². The maximum atomic E-state index is 7.54. The lowest BCUT2D eigenvalue weighted by Crippen LogP contribution is -2.55. The van der Waals surface area contributed by atoms with Gasteiger partial charge in [0.1, 0.15) is 11.7 Å². The number of nitrogens with zero attached hydrogens (tertiary/aromatic N) is 3. The van der Waals surface area contributed by atoms with Crippen LogP contribution >= 0.6 is 0 Å². The molecule has 0 saturated carbocycles. The standard InChI is InChI=1S/C14H21N5/c1-10-8-18-6-2-3-12(18)9-19(10)13-7-11(14(15)16)4-5-17-13/h4-5,7,10,12H,2-3,6,8-9H2,1H3,(H3,15,16). The van der Waals surface area contributed by atoms with Crippen molar-refractivity contribution < 1.29 is 0 Å². The molecule has 2 aliphatic rings. The van der Waals surface area contributed by atoms with E-state index < -0.39 is 0 Å². The number of anilines is 1. The molecule has 2 atom stereocenters. The number of piperazine rings is 1. The van der Waals surface area contributed by atoms with Gasteiger partial charge in [0.2, 0.25) is 0 Å². The second kappa shape index (κ2) is 4.81. The predicted octanol–water partition coefficient (Wildman–Crippen LogP) is 1.04. The van der Waals surface area contributed by atoms with Crippen LogP contribution in [-0.4, -0.2) is 47.4 Å². The fourth-order valence-corrected chi connectivity index (χ4v) is 3.25. The minimum Gasteiger partial charge on any atom is -0.384 e. The summed E-state index contributed by atoms with van der Waals surface area (Å²) in [6.45, 7) is 5.63. The first-order valence-electron chi connectivity index (χ1n) is 6.96. The Morgan fingerprint density at radius 3 is 3.11 bits per heavy atom. The van der Waals surface area contributed by atoms with Gasteiger partial charge in [0.25, 0.3) is 0 Å². The summed E-state index contributed by atoms with van der Waals surface area (Å²) in [5, 5.41) is 7.54. The largest absolute Gasteiger partial charge is 0.384 e. The third-order valence-electron chi connectivity index (χ3n) is 4.29. The normalized spacial score (nSPS) is 27.3. The van der Waals surface area contributed by atoms with Crippen LogP contribution in [0, 0.1) is 5.41 Å². The number of fused-ring (bicyclic) bond motifs is 1. The number of nitrogens with one attached hydrogen (secondary N) is 1. The minimum atomic E-state index is 0.107. The van der Waals surface area contributed by atoms with Gasteiger partial charge in [-0.25, -0.2) is 4.98 Å². The predicted molar refractivity (Wildman–Crippen MR) is 76.7 cm³/mol. The molecule has 0 bridgehead atoms. The molecule has 3 heterocycles. The Morgan fingerprint density at radius 1 is 1.47 bits per heavy atom. The van der Waals surface area contributed by atoms with Crippen molar-refractivity contribution in [3.8, 4) is 0 Å². The fourth-order valence-electron chi connectivity index (χ4n) is 3.25. The van der Waals surface area contributed by atoms with Crippen LogP contribution in [0.2, 0.25) is 0 Å². The van der Waals surface area contributed by atoms with Gasteiger partial charge in [0.05, 0.1) is 0 Å². The van der Waals surface area contributed by atoms with E-state index in [2.05, 4.69) is 21.7 Å². The molecule has 0 aliphatic carbocycles. The van der Waals surface area contributed by atoms with Crippen molar-refractivity contribution in [2.24, 2.45) is 5.73 Å². The van der Waals surface area contributed by atoms with Crippen LogP contribution in [0.1, 0.15) is 25.3 Å². The molecule has 2 aliphatic heterocycles. The maximum absolute atomic E-state index is 7.54. The Kier molecular flexibility index (Phi) is 3.14. The smallest absolute Gasteiger partial charge is 0.129 e. The first kappa shape index (κ1) is 12.4. The second-order valence-electron chi connectivity index (χ2n) is 5.61. The lowest BCUT2D eigenvalue weighted by Gasteiger charge is -2.43. The monoisotopic (exact) mass is 259 g/mol. The SMILES string of the molecule is CC1CN2CCCC2CN1c1cc(C(=N)N)ccn1. The third kappa shape index (κ3) is 2.30. The molecule has 102 valence electrons. The number of rotatable bonds is 2. The molecule has 0 amide bonds. The Balaban J connectivity index is 1.84. The van der Waals surface area contributed by atoms with E-state index in [1.165, 1.54) is 19.4 Å². The fraction of sp³-hybridized carbons (Fsp3) is 0.571. The molecule has 5 heteroatoms. The molecule has 0 spiro atoms. The van der Waals surface area contributed by atoms with Gasteiger partial charge in [0.15, 0.2) is 0 Å². The van der Waals surface area contributed by atoms with Crippen molar-refractivity contribution in [1.82, 2.24) is 9.88 Å². The third-order valence-corrected chi connectivity index (χ3v) is 4.29. The summed E-state index contributed by atoms with van der Waals surface area (Å²) in [5.74, 6) is 1.06. The number of amidine groups is 1. The summed E-state index contributed by atoms with van der Waals surface area (Å²) < 4.78 is 0. The van der Waals surface area contributed by atoms with Gasteiger partial charge in [-0.1, -0.05) is 0 Å². The van der Waals surface area contributed by atoms with E-state index in [-0.39, 0.29) is 5.84 Å². The van der Waals surface area contributed by atoms with E-state index in [1.54, 1.807) is 12.3 Å². The topological polar surface area (TPSA) is 69.2 Å². The van der Waals surface area contributed by atoms with Crippen molar-refractivity contribution in [2.75, 3.05) is 24.5 Å². The van der Waals surface area contributed by atoms with Crippen LogP contribution < -0.4 is 10.6 Å². The number of pyridine rings is 1. The van der Waals surface area contributed by atoms with Gasteiger partial charge in [-0.15, -0.1) is 0 Å².